The summed E-state index contributed by atoms with van der Waals surface area (Å²) < 4.78 is 6.20. The van der Waals surface area contributed by atoms with Crippen LogP contribution in [0.25, 0.3) is 5.69 Å². The van der Waals surface area contributed by atoms with Crippen molar-refractivity contribution in [2.24, 2.45) is 0 Å². The number of rotatable bonds is 6. The number of nitrogens with zero attached hydrogens (tertiary/aromatic N) is 3. The zero-order valence-electron chi connectivity index (χ0n) is 15.2. The van der Waals surface area contributed by atoms with E-state index in [2.05, 4.69) is 15.2 Å². The Morgan fingerprint density at radius 3 is 2.55 bits per heavy atom. The first-order chi connectivity index (χ1) is 13.9. The summed E-state index contributed by atoms with van der Waals surface area (Å²) in [5, 5.41) is 18.6. The summed E-state index contributed by atoms with van der Waals surface area (Å²) in [6.07, 6.45) is 3.32. The van der Waals surface area contributed by atoms with E-state index < -0.39 is 16.8 Å². The predicted molar refractivity (Wildman–Crippen MR) is 104 cm³/mol. The van der Waals surface area contributed by atoms with Crippen molar-refractivity contribution in [1.82, 2.24) is 15.1 Å². The molecule has 0 saturated heterocycles. The zero-order valence-corrected chi connectivity index (χ0v) is 15.9. The van der Waals surface area contributed by atoms with Crippen LogP contribution in [0.15, 0.2) is 54.9 Å². The molecular weight excluding hydrogens is 400 g/mol. The first-order valence-corrected chi connectivity index (χ1v) is 8.70. The highest BCUT2D eigenvalue weighted by Crippen LogP contribution is 2.18. The van der Waals surface area contributed by atoms with Crippen LogP contribution in [0.3, 0.4) is 0 Å². The van der Waals surface area contributed by atoms with E-state index in [-0.39, 0.29) is 23.4 Å². The number of benzene rings is 2. The Morgan fingerprint density at radius 1 is 1.21 bits per heavy atom. The number of methoxy groups -OCH3 is 1. The molecule has 1 N–H and O–H groups in total. The number of esters is 1. The van der Waals surface area contributed by atoms with Gasteiger partial charge in [-0.05, 0) is 30.3 Å². The Labute approximate surface area is 170 Å². The fraction of sp³-hybridized carbons (Fsp3) is 0.105. The number of aromatic nitrogens is 2. The number of carbonyl (C=O) groups excluding carboxylic acids is 2. The smallest absolute Gasteiger partial charge is 0.338 e. The zero-order chi connectivity index (χ0) is 21.0. The molecule has 0 aliphatic carbocycles. The molecule has 0 atom stereocenters. The average molecular weight is 415 g/mol. The molecule has 0 bridgehead atoms. The van der Waals surface area contributed by atoms with Crippen LogP contribution in [0.2, 0.25) is 5.02 Å². The van der Waals surface area contributed by atoms with Gasteiger partial charge in [0, 0.05) is 41.0 Å². The Kier molecular flexibility index (Phi) is 5.89. The Bertz CT molecular complexity index is 1080. The molecule has 2 aromatic carbocycles. The average Bonchev–Trinajstić information content (AvgIpc) is 3.20. The highest BCUT2D eigenvalue weighted by atomic mass is 35.5. The van der Waals surface area contributed by atoms with Crippen molar-refractivity contribution in [2.75, 3.05) is 7.11 Å². The van der Waals surface area contributed by atoms with Gasteiger partial charge in [-0.1, -0.05) is 11.6 Å². The lowest BCUT2D eigenvalue weighted by atomic mass is 10.1. The van der Waals surface area contributed by atoms with E-state index in [1.54, 1.807) is 41.3 Å². The molecule has 0 saturated carbocycles. The van der Waals surface area contributed by atoms with Crippen molar-refractivity contribution in [3.05, 3.63) is 86.7 Å². The monoisotopic (exact) mass is 414 g/mol. The summed E-state index contributed by atoms with van der Waals surface area (Å²) in [5.74, 6) is -1.34. The molecule has 0 unspecified atom stereocenters. The predicted octanol–water partition coefficient (Wildman–Crippen LogP) is 3.15. The largest absolute Gasteiger partial charge is 0.465 e. The van der Waals surface area contributed by atoms with Crippen LogP contribution in [0, 0.1) is 10.1 Å². The molecule has 9 nitrogen and oxygen atoms in total. The summed E-state index contributed by atoms with van der Waals surface area (Å²) in [5.41, 5.74) is 1.03. The lowest BCUT2D eigenvalue weighted by Gasteiger charge is -2.06. The van der Waals surface area contributed by atoms with Gasteiger partial charge < -0.3 is 10.1 Å². The number of nitro benzene ring substituents is 1. The Balaban J connectivity index is 1.74. The fourth-order valence-electron chi connectivity index (χ4n) is 2.55. The first-order valence-electron chi connectivity index (χ1n) is 8.33. The minimum Gasteiger partial charge on any atom is -0.465 e. The van der Waals surface area contributed by atoms with Gasteiger partial charge in [0.1, 0.15) is 0 Å². The number of nitrogens with one attached hydrogen (secondary N) is 1. The van der Waals surface area contributed by atoms with Crippen molar-refractivity contribution in [1.29, 1.82) is 0 Å². The summed E-state index contributed by atoms with van der Waals surface area (Å²) >= 11 is 5.87. The molecule has 29 heavy (non-hydrogen) atoms. The van der Waals surface area contributed by atoms with Gasteiger partial charge in [-0.2, -0.15) is 5.10 Å². The van der Waals surface area contributed by atoms with Crippen LogP contribution in [0.1, 0.15) is 26.3 Å². The number of nitro groups is 1. The third-order valence-corrected chi connectivity index (χ3v) is 4.24. The van der Waals surface area contributed by atoms with Crippen molar-refractivity contribution in [3.63, 3.8) is 0 Å². The van der Waals surface area contributed by atoms with Gasteiger partial charge in [-0.15, -0.1) is 0 Å². The highest BCUT2D eigenvalue weighted by Gasteiger charge is 2.18. The molecule has 3 aromatic rings. The van der Waals surface area contributed by atoms with E-state index in [1.165, 1.54) is 6.07 Å². The second kappa shape index (κ2) is 8.53. The number of carbonyl (C=O) groups is 2. The standard InChI is InChI=1S/C19H15ClN4O5/c1-29-19(26)14-6-13(7-17(8-14)24(27)28)18(25)21-9-12-10-22-23(11-12)16-4-2-15(20)3-5-16/h2-8,10-11H,9H2,1H3,(H,21,25). The van der Waals surface area contributed by atoms with Gasteiger partial charge >= 0.3 is 5.97 Å². The van der Waals surface area contributed by atoms with Crippen LogP contribution in [0.4, 0.5) is 5.69 Å². The summed E-state index contributed by atoms with van der Waals surface area (Å²) in [4.78, 5) is 34.5. The maximum Gasteiger partial charge on any atom is 0.338 e. The molecule has 1 aromatic heterocycles. The molecule has 0 aliphatic heterocycles. The lowest BCUT2D eigenvalue weighted by Crippen LogP contribution is -2.23. The molecule has 0 spiro atoms. The number of amides is 1. The van der Waals surface area contributed by atoms with E-state index >= 15 is 0 Å². The molecule has 1 amide bonds. The second-order valence-corrected chi connectivity index (χ2v) is 6.41. The van der Waals surface area contributed by atoms with Crippen molar-refractivity contribution >= 4 is 29.2 Å². The minimum atomic E-state index is -0.771. The van der Waals surface area contributed by atoms with Gasteiger partial charge in [0.25, 0.3) is 11.6 Å². The molecule has 3 rings (SSSR count). The van der Waals surface area contributed by atoms with Crippen molar-refractivity contribution < 1.29 is 19.2 Å². The van der Waals surface area contributed by atoms with E-state index in [9.17, 15) is 19.7 Å². The van der Waals surface area contributed by atoms with Gasteiger partial charge in [0.05, 0.1) is 29.5 Å². The van der Waals surface area contributed by atoms with Gasteiger partial charge in [0.2, 0.25) is 0 Å². The molecule has 1 heterocycles. The third kappa shape index (κ3) is 4.77. The maximum atomic E-state index is 12.4. The number of hydrogen-bond donors (Lipinski definition) is 1. The minimum absolute atomic E-state index is 0.0234. The number of non-ortho nitro benzene ring substituents is 1. The number of hydrogen-bond acceptors (Lipinski definition) is 6. The molecule has 0 radical (unpaired) electrons. The van der Waals surface area contributed by atoms with Gasteiger partial charge in [-0.25, -0.2) is 9.48 Å². The van der Waals surface area contributed by atoms with Crippen LogP contribution in [-0.2, 0) is 11.3 Å². The van der Waals surface area contributed by atoms with Crippen LogP contribution >= 0.6 is 11.6 Å². The van der Waals surface area contributed by atoms with Crippen LogP contribution in [0.5, 0.6) is 0 Å². The molecule has 0 fully saturated rings. The van der Waals surface area contributed by atoms with E-state index in [0.29, 0.717) is 10.6 Å². The quantitative estimate of drug-likeness (QED) is 0.376. The van der Waals surface area contributed by atoms with Crippen LogP contribution < -0.4 is 5.32 Å². The van der Waals surface area contributed by atoms with Crippen molar-refractivity contribution in [3.8, 4) is 5.69 Å². The summed E-state index contributed by atoms with van der Waals surface area (Å²) in [6, 6.07) is 10.5. The normalized spacial score (nSPS) is 10.4. The van der Waals surface area contributed by atoms with Gasteiger partial charge in [-0.3, -0.25) is 14.9 Å². The SMILES string of the molecule is COC(=O)c1cc(C(=O)NCc2cnn(-c3ccc(Cl)cc3)c2)cc([N+](=O)[O-])c1. The Hall–Kier alpha value is -3.72. The fourth-order valence-corrected chi connectivity index (χ4v) is 2.68. The Morgan fingerprint density at radius 2 is 1.90 bits per heavy atom. The maximum absolute atomic E-state index is 12.4. The highest BCUT2D eigenvalue weighted by molar-refractivity contribution is 6.30. The van der Waals surface area contributed by atoms with Gasteiger partial charge in [0.15, 0.2) is 0 Å². The topological polar surface area (TPSA) is 116 Å². The van der Waals surface area contributed by atoms with Crippen LogP contribution in [-0.4, -0.2) is 33.7 Å². The second-order valence-electron chi connectivity index (χ2n) is 5.97. The van der Waals surface area contributed by atoms with E-state index in [1.807, 2.05) is 0 Å². The molecule has 0 aliphatic rings. The summed E-state index contributed by atoms with van der Waals surface area (Å²) in [7, 11) is 1.15. The molecule has 148 valence electrons. The van der Waals surface area contributed by atoms with E-state index in [0.717, 1.165) is 24.9 Å². The van der Waals surface area contributed by atoms with E-state index in [4.69, 9.17) is 11.6 Å². The van der Waals surface area contributed by atoms with Crippen molar-refractivity contribution in [2.45, 2.75) is 6.54 Å². The lowest BCUT2D eigenvalue weighted by molar-refractivity contribution is -0.384. The number of halogens is 1. The first kappa shape index (κ1) is 20.0. The number of ether oxygens (including phenoxy) is 1. The summed E-state index contributed by atoms with van der Waals surface area (Å²) in [6.45, 7) is 0.142. The third-order valence-electron chi connectivity index (χ3n) is 3.99. The molecular formula is C19H15ClN4O5. The molecule has 10 heteroatoms.